The fraction of sp³-hybridized carbons (Fsp3) is 0.769. The molecular weight excluding hydrogens is 198 g/mol. The highest BCUT2D eigenvalue weighted by atomic mass is 15.1. The maximum absolute atomic E-state index is 6.22. The zero-order valence-electron chi connectivity index (χ0n) is 10.6. The van der Waals surface area contributed by atoms with Gasteiger partial charge in [-0.3, -0.25) is 0 Å². The molecule has 3 heteroatoms. The van der Waals surface area contributed by atoms with Gasteiger partial charge in [0.2, 0.25) is 0 Å². The van der Waals surface area contributed by atoms with Gasteiger partial charge in [0.05, 0.1) is 12.0 Å². The minimum absolute atomic E-state index is 0.129. The smallest absolute Gasteiger partial charge is 0.0948 e. The van der Waals surface area contributed by atoms with E-state index in [9.17, 15) is 0 Å². The Balaban J connectivity index is 2.06. The summed E-state index contributed by atoms with van der Waals surface area (Å²) in [6.07, 6.45) is 7.56. The molecule has 0 spiro atoms. The Hall–Kier alpha value is -0.830. The SMILES string of the molecule is CC(C)CC(N)c1cncn1CC1(C)CC1. The highest BCUT2D eigenvalue weighted by Gasteiger charge is 2.38. The molecule has 0 aromatic carbocycles. The molecular formula is C13H23N3. The van der Waals surface area contributed by atoms with Crippen LogP contribution in [0.2, 0.25) is 0 Å². The summed E-state index contributed by atoms with van der Waals surface area (Å²) in [5.74, 6) is 0.634. The van der Waals surface area contributed by atoms with Gasteiger partial charge in [-0.2, -0.15) is 0 Å². The van der Waals surface area contributed by atoms with Gasteiger partial charge < -0.3 is 10.3 Å². The molecule has 1 aromatic heterocycles. The molecule has 1 aromatic rings. The van der Waals surface area contributed by atoms with E-state index in [0.717, 1.165) is 13.0 Å². The molecule has 0 amide bonds. The minimum Gasteiger partial charge on any atom is -0.333 e. The summed E-state index contributed by atoms with van der Waals surface area (Å²) in [5.41, 5.74) is 7.92. The van der Waals surface area contributed by atoms with E-state index in [1.807, 2.05) is 12.5 Å². The second-order valence-corrected chi connectivity index (χ2v) is 5.99. The van der Waals surface area contributed by atoms with Crippen LogP contribution in [0.5, 0.6) is 0 Å². The fourth-order valence-electron chi connectivity index (χ4n) is 2.18. The van der Waals surface area contributed by atoms with Crippen LogP contribution >= 0.6 is 0 Å². The van der Waals surface area contributed by atoms with E-state index in [1.54, 1.807) is 0 Å². The second-order valence-electron chi connectivity index (χ2n) is 5.99. The number of nitrogens with two attached hydrogens (primary N) is 1. The molecule has 16 heavy (non-hydrogen) atoms. The fourth-order valence-corrected chi connectivity index (χ4v) is 2.18. The number of imidazole rings is 1. The average Bonchev–Trinajstić information content (AvgIpc) is 2.74. The molecule has 0 aliphatic heterocycles. The van der Waals surface area contributed by atoms with Crippen molar-refractivity contribution in [3.8, 4) is 0 Å². The molecule has 1 fully saturated rings. The predicted molar refractivity (Wildman–Crippen MR) is 66.0 cm³/mol. The predicted octanol–water partition coefficient (Wildman–Crippen LogP) is 2.73. The number of rotatable bonds is 5. The van der Waals surface area contributed by atoms with E-state index in [1.165, 1.54) is 18.5 Å². The molecule has 0 saturated heterocycles. The largest absolute Gasteiger partial charge is 0.333 e. The highest BCUT2D eigenvalue weighted by molar-refractivity contribution is 5.06. The van der Waals surface area contributed by atoms with Gasteiger partial charge in [0, 0.05) is 18.8 Å². The Labute approximate surface area is 98.1 Å². The van der Waals surface area contributed by atoms with Crippen LogP contribution in [-0.2, 0) is 6.54 Å². The maximum atomic E-state index is 6.22. The van der Waals surface area contributed by atoms with E-state index in [2.05, 4.69) is 30.3 Å². The van der Waals surface area contributed by atoms with Crippen LogP contribution in [0.4, 0.5) is 0 Å². The first-order valence-corrected chi connectivity index (χ1v) is 6.26. The number of hydrogen-bond donors (Lipinski definition) is 1. The molecule has 1 aliphatic carbocycles. The Morgan fingerprint density at radius 2 is 2.19 bits per heavy atom. The van der Waals surface area contributed by atoms with E-state index < -0.39 is 0 Å². The van der Waals surface area contributed by atoms with Gasteiger partial charge in [0.1, 0.15) is 0 Å². The summed E-state index contributed by atoms with van der Waals surface area (Å²) in [5, 5.41) is 0. The summed E-state index contributed by atoms with van der Waals surface area (Å²) in [6, 6.07) is 0.129. The topological polar surface area (TPSA) is 43.8 Å². The summed E-state index contributed by atoms with van der Waals surface area (Å²) in [4.78, 5) is 4.25. The molecule has 1 unspecified atom stereocenters. The van der Waals surface area contributed by atoms with Crippen molar-refractivity contribution in [3.63, 3.8) is 0 Å². The molecule has 1 atom stereocenters. The minimum atomic E-state index is 0.129. The van der Waals surface area contributed by atoms with Crippen LogP contribution in [-0.4, -0.2) is 9.55 Å². The Bertz CT molecular complexity index is 350. The lowest BCUT2D eigenvalue weighted by Crippen LogP contribution is -2.19. The monoisotopic (exact) mass is 221 g/mol. The molecule has 2 rings (SSSR count). The molecule has 1 heterocycles. The van der Waals surface area contributed by atoms with Crippen molar-refractivity contribution in [2.45, 2.75) is 52.6 Å². The standard InChI is InChI=1S/C13H23N3/c1-10(2)6-11(14)12-7-15-9-16(12)8-13(3)4-5-13/h7,9-11H,4-6,8,14H2,1-3H3. The molecule has 3 nitrogen and oxygen atoms in total. The average molecular weight is 221 g/mol. The van der Waals surface area contributed by atoms with E-state index in [4.69, 9.17) is 5.73 Å². The van der Waals surface area contributed by atoms with Crippen LogP contribution in [0.1, 0.15) is 51.8 Å². The Kier molecular flexibility index (Phi) is 3.06. The first kappa shape index (κ1) is 11.6. The quantitative estimate of drug-likeness (QED) is 0.830. The second kappa shape index (κ2) is 4.21. The number of aromatic nitrogens is 2. The summed E-state index contributed by atoms with van der Waals surface area (Å²) in [7, 11) is 0. The van der Waals surface area contributed by atoms with Crippen LogP contribution in [0.3, 0.4) is 0 Å². The first-order valence-electron chi connectivity index (χ1n) is 6.26. The van der Waals surface area contributed by atoms with Gasteiger partial charge in [0.25, 0.3) is 0 Å². The summed E-state index contributed by atoms with van der Waals surface area (Å²) in [6.45, 7) is 7.84. The van der Waals surface area contributed by atoms with Crippen LogP contribution in [0, 0.1) is 11.3 Å². The summed E-state index contributed by atoms with van der Waals surface area (Å²) >= 11 is 0. The third kappa shape index (κ3) is 2.64. The third-order valence-corrected chi connectivity index (χ3v) is 3.51. The van der Waals surface area contributed by atoms with Crippen molar-refractivity contribution in [1.29, 1.82) is 0 Å². The lowest BCUT2D eigenvalue weighted by Gasteiger charge is -2.18. The molecule has 0 bridgehead atoms. The number of hydrogen-bond acceptors (Lipinski definition) is 2. The van der Waals surface area contributed by atoms with E-state index in [0.29, 0.717) is 11.3 Å². The van der Waals surface area contributed by atoms with Crippen molar-refractivity contribution < 1.29 is 0 Å². The molecule has 90 valence electrons. The normalized spacial score (nSPS) is 20.1. The molecule has 0 radical (unpaired) electrons. The lowest BCUT2D eigenvalue weighted by atomic mass is 10.0. The maximum Gasteiger partial charge on any atom is 0.0948 e. The molecule has 1 saturated carbocycles. The zero-order valence-corrected chi connectivity index (χ0v) is 10.6. The van der Waals surface area contributed by atoms with Crippen LogP contribution in [0.15, 0.2) is 12.5 Å². The van der Waals surface area contributed by atoms with Crippen LogP contribution < -0.4 is 5.73 Å². The van der Waals surface area contributed by atoms with Crippen molar-refractivity contribution in [2.24, 2.45) is 17.1 Å². The van der Waals surface area contributed by atoms with E-state index >= 15 is 0 Å². The van der Waals surface area contributed by atoms with E-state index in [-0.39, 0.29) is 6.04 Å². The van der Waals surface area contributed by atoms with Crippen molar-refractivity contribution >= 4 is 0 Å². The van der Waals surface area contributed by atoms with Gasteiger partial charge in [-0.15, -0.1) is 0 Å². The van der Waals surface area contributed by atoms with Crippen molar-refractivity contribution in [1.82, 2.24) is 9.55 Å². The van der Waals surface area contributed by atoms with Gasteiger partial charge in [0.15, 0.2) is 0 Å². The highest BCUT2D eigenvalue weighted by Crippen LogP contribution is 2.46. The van der Waals surface area contributed by atoms with Gasteiger partial charge in [-0.05, 0) is 30.6 Å². The molecule has 1 aliphatic rings. The number of nitrogens with zero attached hydrogens (tertiary/aromatic N) is 2. The van der Waals surface area contributed by atoms with Gasteiger partial charge >= 0.3 is 0 Å². The van der Waals surface area contributed by atoms with Gasteiger partial charge in [-0.1, -0.05) is 20.8 Å². The first-order chi connectivity index (χ1) is 7.50. The van der Waals surface area contributed by atoms with Crippen molar-refractivity contribution in [2.75, 3.05) is 0 Å². The Morgan fingerprint density at radius 3 is 2.75 bits per heavy atom. The summed E-state index contributed by atoms with van der Waals surface area (Å²) < 4.78 is 2.25. The zero-order chi connectivity index (χ0) is 11.8. The third-order valence-electron chi connectivity index (χ3n) is 3.51. The Morgan fingerprint density at radius 1 is 1.50 bits per heavy atom. The molecule has 2 N–H and O–H groups in total. The van der Waals surface area contributed by atoms with Gasteiger partial charge in [-0.25, -0.2) is 4.98 Å². The lowest BCUT2D eigenvalue weighted by molar-refractivity contribution is 0.427. The van der Waals surface area contributed by atoms with Crippen LogP contribution in [0.25, 0.3) is 0 Å². The van der Waals surface area contributed by atoms with Crippen molar-refractivity contribution in [3.05, 3.63) is 18.2 Å².